The Morgan fingerprint density at radius 1 is 0.617 bits per heavy atom. The van der Waals surface area contributed by atoms with Gasteiger partial charge in [-0.25, -0.2) is 0 Å². The number of hydrogen-bond donors (Lipinski definition) is 0. The molecule has 0 aliphatic heterocycles. The van der Waals surface area contributed by atoms with Crippen LogP contribution in [0.3, 0.4) is 0 Å². The molecule has 3 nitrogen and oxygen atoms in total. The minimum atomic E-state index is -0.439. The lowest BCUT2D eigenvalue weighted by molar-refractivity contribution is 0.636. The van der Waals surface area contributed by atoms with Gasteiger partial charge in [-0.1, -0.05) is 116 Å². The minimum absolute atomic E-state index is 0.271. The first-order chi connectivity index (χ1) is 23.2. The Morgan fingerprint density at radius 2 is 1.26 bits per heavy atom. The van der Waals surface area contributed by atoms with Crippen molar-refractivity contribution in [3.8, 4) is 23.6 Å². The van der Waals surface area contributed by atoms with Crippen LogP contribution < -0.4 is 0 Å². The predicted molar refractivity (Wildman–Crippen MR) is 194 cm³/mol. The van der Waals surface area contributed by atoms with Gasteiger partial charge < -0.3 is 9.13 Å². The number of nitrogens with zero attached hydrogens (tertiary/aromatic N) is 3. The third-order valence-corrected chi connectivity index (χ3v) is 10.1. The fraction of sp³-hybridized carbons (Fsp3) is 0.114. The Hall–Kier alpha value is -6.03. The first kappa shape index (κ1) is 27.3. The summed E-state index contributed by atoms with van der Waals surface area (Å²) in [5.74, 6) is 6.86. The molecule has 0 bridgehead atoms. The van der Waals surface area contributed by atoms with Crippen LogP contribution in [0.15, 0.2) is 146 Å². The molecule has 7 aromatic rings. The molecule has 5 aromatic carbocycles. The van der Waals surface area contributed by atoms with Gasteiger partial charge in [-0.3, -0.25) is 0 Å². The number of fused-ring (bicyclic) bond motifs is 6. The number of hydrogen-bond acceptors (Lipinski definition) is 1. The highest BCUT2D eigenvalue weighted by Gasteiger charge is 2.30. The molecule has 2 aliphatic carbocycles. The van der Waals surface area contributed by atoms with E-state index in [0.29, 0.717) is 11.8 Å². The van der Waals surface area contributed by atoms with Crippen LogP contribution in [0.2, 0.25) is 0 Å². The van der Waals surface area contributed by atoms with Gasteiger partial charge in [0.05, 0.1) is 39.8 Å². The normalized spacial score (nSPS) is 20.4. The summed E-state index contributed by atoms with van der Waals surface area (Å²) < 4.78 is 4.60. The van der Waals surface area contributed by atoms with Gasteiger partial charge >= 0.3 is 0 Å². The lowest BCUT2D eigenvalue weighted by atomic mass is 9.82. The van der Waals surface area contributed by atoms with Crippen LogP contribution in [0, 0.1) is 35.0 Å². The van der Waals surface area contributed by atoms with E-state index in [2.05, 4.69) is 174 Å². The zero-order valence-corrected chi connectivity index (χ0v) is 26.0. The van der Waals surface area contributed by atoms with Gasteiger partial charge in [0.25, 0.3) is 0 Å². The van der Waals surface area contributed by atoms with Crippen LogP contribution in [-0.4, -0.2) is 9.13 Å². The molecular formula is C44H31N3. The number of benzene rings is 5. The monoisotopic (exact) mass is 601 g/mol. The van der Waals surface area contributed by atoms with Crippen molar-refractivity contribution in [2.24, 2.45) is 11.8 Å². The topological polar surface area (TPSA) is 33.6 Å². The Morgan fingerprint density at radius 3 is 1.96 bits per heavy atom. The van der Waals surface area contributed by atoms with Gasteiger partial charge in [0.1, 0.15) is 5.92 Å². The largest absolute Gasteiger partial charge is 0.311 e. The number of para-hydroxylation sites is 3. The van der Waals surface area contributed by atoms with Crippen LogP contribution in [0.25, 0.3) is 55.0 Å². The van der Waals surface area contributed by atoms with Gasteiger partial charge in [-0.2, -0.15) is 5.26 Å². The van der Waals surface area contributed by atoms with E-state index >= 15 is 0 Å². The highest BCUT2D eigenvalue weighted by Crippen LogP contribution is 2.41. The summed E-state index contributed by atoms with van der Waals surface area (Å²) in [7, 11) is 0. The second-order valence-corrected chi connectivity index (χ2v) is 12.7. The van der Waals surface area contributed by atoms with Gasteiger partial charge in [0, 0.05) is 39.2 Å². The fourth-order valence-corrected chi connectivity index (χ4v) is 7.84. The summed E-state index contributed by atoms with van der Waals surface area (Å²) in [5, 5.41) is 15.6. The van der Waals surface area contributed by atoms with Crippen molar-refractivity contribution >= 4 is 49.3 Å². The molecule has 2 aromatic heterocycles. The molecule has 2 aliphatic rings. The molecule has 47 heavy (non-hydrogen) atoms. The Balaban J connectivity index is 1.16. The maximum absolute atomic E-state index is 10.7. The standard InChI is InChI=1S/C44H31N3/c1-29-12-2-3-15-33(29)31-24-25-44-38(27-31)37-18-6-7-20-40(37)46(44)32-14-10-13-30(26-32)34-19-11-23-43(39(34)28-45)47-41-21-8-4-16-35(41)36-17-5-9-22-42(36)47/h2-10,12-18,20-27,29,33-34,39H,1H3. The molecule has 2 heterocycles. The van der Waals surface area contributed by atoms with Crippen molar-refractivity contribution in [2.45, 2.75) is 18.8 Å². The van der Waals surface area contributed by atoms with Crippen molar-refractivity contribution in [1.82, 2.24) is 9.13 Å². The molecule has 4 unspecified atom stereocenters. The summed E-state index contributed by atoms with van der Waals surface area (Å²) in [6.45, 7) is 2.29. The van der Waals surface area contributed by atoms with Crippen LogP contribution in [0.5, 0.6) is 0 Å². The van der Waals surface area contributed by atoms with Crippen molar-refractivity contribution in [3.05, 3.63) is 157 Å². The fourth-order valence-electron chi connectivity index (χ4n) is 7.84. The third-order valence-electron chi connectivity index (χ3n) is 10.1. The van der Waals surface area contributed by atoms with E-state index in [-0.39, 0.29) is 5.92 Å². The lowest BCUT2D eigenvalue weighted by Gasteiger charge is -2.25. The molecule has 0 saturated heterocycles. The smallest absolute Gasteiger partial charge is 0.105 e. The SMILES string of the molecule is CC1C=CC=CC1c1ccc2c(c1)c1ccccc1n2-c1cccc(C2C#CC=C(n3c4ccccc4c4ccccc43)C2C#N)c1. The minimum Gasteiger partial charge on any atom is -0.311 e. The molecule has 3 heteroatoms. The lowest BCUT2D eigenvalue weighted by Crippen LogP contribution is -2.18. The quantitative estimate of drug-likeness (QED) is 0.185. The van der Waals surface area contributed by atoms with Crippen LogP contribution in [0.4, 0.5) is 0 Å². The third kappa shape index (κ3) is 4.21. The number of allylic oxidation sites excluding steroid dienone is 6. The summed E-state index contributed by atoms with van der Waals surface area (Å²) in [4.78, 5) is 0. The second kappa shape index (κ2) is 10.8. The highest BCUT2D eigenvalue weighted by molar-refractivity contribution is 6.11. The average Bonchev–Trinajstić information content (AvgIpc) is 3.64. The second-order valence-electron chi connectivity index (χ2n) is 12.7. The zero-order valence-electron chi connectivity index (χ0n) is 26.0. The molecule has 9 rings (SSSR count). The number of aromatic nitrogens is 2. The molecule has 0 amide bonds. The maximum Gasteiger partial charge on any atom is 0.105 e. The van der Waals surface area contributed by atoms with Gasteiger partial charge in [0.2, 0.25) is 0 Å². The first-order valence-corrected chi connectivity index (χ1v) is 16.3. The summed E-state index contributed by atoms with van der Waals surface area (Å²) in [5.41, 5.74) is 8.90. The van der Waals surface area contributed by atoms with E-state index in [1.807, 2.05) is 6.08 Å². The van der Waals surface area contributed by atoms with Crippen LogP contribution in [-0.2, 0) is 0 Å². The molecule has 0 radical (unpaired) electrons. The molecule has 222 valence electrons. The Kier molecular flexibility index (Phi) is 6.27. The van der Waals surface area contributed by atoms with E-state index in [0.717, 1.165) is 28.0 Å². The molecule has 4 atom stereocenters. The van der Waals surface area contributed by atoms with Crippen molar-refractivity contribution in [3.63, 3.8) is 0 Å². The Bertz CT molecular complexity index is 2530. The predicted octanol–water partition coefficient (Wildman–Crippen LogP) is 10.5. The van der Waals surface area contributed by atoms with Crippen LogP contribution in [0.1, 0.15) is 29.9 Å². The molecule has 0 saturated carbocycles. The Labute approximate surface area is 274 Å². The van der Waals surface area contributed by atoms with Crippen molar-refractivity contribution in [2.75, 3.05) is 0 Å². The molecular weight excluding hydrogens is 571 g/mol. The van der Waals surface area contributed by atoms with E-state index < -0.39 is 5.92 Å². The van der Waals surface area contributed by atoms with Gasteiger partial charge in [-0.15, -0.1) is 0 Å². The molecule has 0 fully saturated rings. The summed E-state index contributed by atoms with van der Waals surface area (Å²) >= 11 is 0. The maximum atomic E-state index is 10.7. The molecule has 0 spiro atoms. The van der Waals surface area contributed by atoms with E-state index in [4.69, 9.17) is 0 Å². The molecule has 0 N–H and O–H groups in total. The van der Waals surface area contributed by atoms with E-state index in [1.165, 1.54) is 38.1 Å². The van der Waals surface area contributed by atoms with Crippen molar-refractivity contribution < 1.29 is 0 Å². The van der Waals surface area contributed by atoms with Gasteiger partial charge in [-0.05, 0) is 59.5 Å². The summed E-state index contributed by atoms with van der Waals surface area (Å²) in [6, 6.07) is 43.8. The van der Waals surface area contributed by atoms with E-state index in [9.17, 15) is 5.26 Å². The highest BCUT2D eigenvalue weighted by atomic mass is 15.0. The zero-order chi connectivity index (χ0) is 31.5. The average molecular weight is 602 g/mol. The van der Waals surface area contributed by atoms with Gasteiger partial charge in [0.15, 0.2) is 0 Å². The number of nitriles is 1. The van der Waals surface area contributed by atoms with Crippen LogP contribution >= 0.6 is 0 Å². The first-order valence-electron chi connectivity index (χ1n) is 16.3. The summed E-state index contributed by atoms with van der Waals surface area (Å²) in [6.07, 6.45) is 10.8. The van der Waals surface area contributed by atoms with Crippen molar-refractivity contribution in [1.29, 1.82) is 5.26 Å². The van der Waals surface area contributed by atoms with E-state index in [1.54, 1.807) is 0 Å². The number of rotatable bonds is 4.